The van der Waals surface area contributed by atoms with Crippen LogP contribution in [0.2, 0.25) is 0 Å². The molecule has 0 bridgehead atoms. The summed E-state index contributed by atoms with van der Waals surface area (Å²) < 4.78 is 0. The highest BCUT2D eigenvalue weighted by Crippen LogP contribution is 1.40. The molecule has 0 amide bonds. The maximum absolute atomic E-state index is 3.42. The van der Waals surface area contributed by atoms with Crippen molar-refractivity contribution < 1.29 is 0 Å². The number of hydrogen-bond donors (Lipinski definition) is 2. The second-order valence-electron chi connectivity index (χ2n) is 0.804. The van der Waals surface area contributed by atoms with E-state index in [1.54, 1.807) is 13.7 Å². The maximum atomic E-state index is 3.42. The van der Waals surface area contributed by atoms with Crippen LogP contribution in [-0.2, 0) is 0 Å². The zero-order valence-electron chi connectivity index (χ0n) is 3.86. The number of rotatable bonds is 3. The monoisotopic (exact) mass is 83.1 g/mol. The molecular weight excluding hydrogens is 74.9 g/mol. The summed E-state index contributed by atoms with van der Waals surface area (Å²) in [6.45, 7) is 3.42. The van der Waals surface area contributed by atoms with Crippen LogP contribution in [0.1, 0.15) is 0 Å². The van der Waals surface area contributed by atoms with Gasteiger partial charge in [-0.3, -0.25) is 0 Å². The normalized spacial score (nSPS) is 6.83. The Kier molecular flexibility index (Phi) is 4.23. The van der Waals surface area contributed by atoms with Crippen molar-refractivity contribution in [3.63, 3.8) is 0 Å². The van der Waals surface area contributed by atoms with Crippen LogP contribution in [0.3, 0.4) is 0 Å². The fourth-order valence-electron chi connectivity index (χ4n) is 0.142. The van der Waals surface area contributed by atoms with Crippen LogP contribution in [0.25, 0.3) is 0 Å². The minimum absolute atomic E-state index is 1.59. The Balaban J connectivity index is 2.49. The van der Waals surface area contributed by atoms with Gasteiger partial charge in [-0.1, -0.05) is 6.58 Å². The highest BCUT2D eigenvalue weighted by molar-refractivity contribution is 6.28. The van der Waals surface area contributed by atoms with Crippen molar-refractivity contribution in [1.29, 1.82) is 0 Å². The molecule has 0 rings (SSSR count). The lowest BCUT2D eigenvalue weighted by molar-refractivity contribution is 1.17. The van der Waals surface area contributed by atoms with E-state index in [0.29, 0.717) is 0 Å². The standard InChI is InChI=1S/C3H8BN2/c1-3-6-4-5-2/h3,5-6H,1H2,2H3. The lowest BCUT2D eigenvalue weighted by atomic mass is 10.2. The van der Waals surface area contributed by atoms with Crippen molar-refractivity contribution in [2.75, 3.05) is 7.05 Å². The molecule has 0 aromatic heterocycles. The van der Waals surface area contributed by atoms with E-state index in [4.69, 9.17) is 0 Å². The van der Waals surface area contributed by atoms with E-state index in [9.17, 15) is 0 Å². The molecule has 0 atom stereocenters. The molecule has 0 heterocycles. The van der Waals surface area contributed by atoms with Gasteiger partial charge in [0.25, 0.3) is 0 Å². The first-order valence-electron chi connectivity index (χ1n) is 1.77. The van der Waals surface area contributed by atoms with Crippen molar-refractivity contribution >= 4 is 7.55 Å². The Bertz CT molecular complexity index is 37.8. The molecule has 1 radical (unpaired) electrons. The van der Waals surface area contributed by atoms with E-state index >= 15 is 0 Å². The van der Waals surface area contributed by atoms with Crippen molar-refractivity contribution in [2.24, 2.45) is 0 Å². The summed E-state index contributed by atoms with van der Waals surface area (Å²) in [5, 5.41) is 5.49. The Morgan fingerprint density at radius 1 is 1.83 bits per heavy atom. The molecule has 6 heavy (non-hydrogen) atoms. The lowest BCUT2D eigenvalue weighted by Gasteiger charge is -1.88. The van der Waals surface area contributed by atoms with Crippen molar-refractivity contribution in [3.05, 3.63) is 12.8 Å². The molecule has 0 aromatic carbocycles. The summed E-state index contributed by atoms with van der Waals surface area (Å²) >= 11 is 0. The average Bonchev–Trinajstić information content (AvgIpc) is 1.61. The molecule has 0 aromatic rings. The Labute approximate surface area is 38.9 Å². The number of hydrogen-bond acceptors (Lipinski definition) is 2. The third-order valence-corrected chi connectivity index (χ3v) is 0.346. The van der Waals surface area contributed by atoms with Gasteiger partial charge in [-0.05, 0) is 13.2 Å². The Morgan fingerprint density at radius 3 is 2.67 bits per heavy atom. The molecule has 0 saturated carbocycles. The molecule has 0 aliphatic carbocycles. The molecule has 3 heteroatoms. The fourth-order valence-corrected chi connectivity index (χ4v) is 0.142. The molecule has 2 N–H and O–H groups in total. The van der Waals surface area contributed by atoms with Gasteiger partial charge in [0.15, 0.2) is 0 Å². The van der Waals surface area contributed by atoms with Gasteiger partial charge < -0.3 is 10.5 Å². The number of nitrogens with one attached hydrogen (secondary N) is 2. The predicted molar refractivity (Wildman–Crippen MR) is 28.1 cm³/mol. The second-order valence-corrected chi connectivity index (χ2v) is 0.804. The minimum atomic E-state index is 1.59. The third-order valence-electron chi connectivity index (χ3n) is 0.346. The first-order chi connectivity index (χ1) is 2.91. The van der Waals surface area contributed by atoms with Gasteiger partial charge in [0.2, 0.25) is 0 Å². The molecule has 0 spiro atoms. The largest absolute Gasteiger partial charge is 0.424 e. The SMILES string of the molecule is C=CN[B]NC. The fraction of sp³-hybridized carbons (Fsp3) is 0.333. The topological polar surface area (TPSA) is 24.1 Å². The zero-order chi connectivity index (χ0) is 4.83. The summed E-state index contributed by atoms with van der Waals surface area (Å²) in [7, 11) is 3.50. The maximum Gasteiger partial charge on any atom is 0.345 e. The summed E-state index contributed by atoms with van der Waals surface area (Å²) in [6, 6.07) is 0. The smallest absolute Gasteiger partial charge is 0.345 e. The summed E-state index contributed by atoms with van der Waals surface area (Å²) in [4.78, 5) is 0. The van der Waals surface area contributed by atoms with E-state index in [1.165, 1.54) is 0 Å². The average molecular weight is 82.9 g/mol. The van der Waals surface area contributed by atoms with Crippen LogP contribution in [0.5, 0.6) is 0 Å². The quantitative estimate of drug-likeness (QED) is 0.354. The van der Waals surface area contributed by atoms with Crippen LogP contribution in [0, 0.1) is 0 Å². The van der Waals surface area contributed by atoms with Crippen LogP contribution in [0.4, 0.5) is 0 Å². The van der Waals surface area contributed by atoms with Gasteiger partial charge in [-0.2, -0.15) is 0 Å². The molecule has 2 nitrogen and oxygen atoms in total. The van der Waals surface area contributed by atoms with Gasteiger partial charge >= 0.3 is 7.55 Å². The zero-order valence-corrected chi connectivity index (χ0v) is 3.86. The summed E-state index contributed by atoms with van der Waals surface area (Å²) in [5.74, 6) is 0. The van der Waals surface area contributed by atoms with E-state index in [1.807, 2.05) is 7.05 Å². The molecule has 0 aliphatic rings. The van der Waals surface area contributed by atoms with Gasteiger partial charge in [-0.25, -0.2) is 0 Å². The van der Waals surface area contributed by atoms with Gasteiger partial charge in [0.05, 0.1) is 0 Å². The van der Waals surface area contributed by atoms with E-state index in [-0.39, 0.29) is 0 Å². The third kappa shape index (κ3) is 3.56. The first kappa shape index (κ1) is 5.56. The molecule has 0 unspecified atom stereocenters. The highest BCUT2D eigenvalue weighted by Gasteiger charge is 1.71. The van der Waals surface area contributed by atoms with E-state index in [2.05, 4.69) is 17.0 Å². The van der Waals surface area contributed by atoms with Crippen molar-refractivity contribution in [2.45, 2.75) is 0 Å². The molecular formula is C3H8BN2. The lowest BCUT2D eigenvalue weighted by Crippen LogP contribution is -2.25. The molecule has 33 valence electrons. The molecule has 0 aliphatic heterocycles. The summed E-state index contributed by atoms with van der Waals surface area (Å²) in [6.07, 6.45) is 1.59. The second kappa shape index (κ2) is 4.56. The van der Waals surface area contributed by atoms with E-state index < -0.39 is 0 Å². The van der Waals surface area contributed by atoms with Crippen molar-refractivity contribution in [1.82, 2.24) is 10.5 Å². The summed E-state index contributed by atoms with van der Waals surface area (Å²) in [5.41, 5.74) is 0. The van der Waals surface area contributed by atoms with Crippen LogP contribution in [0.15, 0.2) is 12.8 Å². The van der Waals surface area contributed by atoms with Crippen molar-refractivity contribution in [3.8, 4) is 0 Å². The predicted octanol–water partition coefficient (Wildman–Crippen LogP) is -0.527. The van der Waals surface area contributed by atoms with Gasteiger partial charge in [-0.15, -0.1) is 0 Å². The minimum Gasteiger partial charge on any atom is -0.424 e. The van der Waals surface area contributed by atoms with Gasteiger partial charge in [0.1, 0.15) is 0 Å². The van der Waals surface area contributed by atoms with Crippen LogP contribution in [-0.4, -0.2) is 14.6 Å². The Morgan fingerprint density at radius 2 is 2.50 bits per heavy atom. The molecule has 0 saturated heterocycles. The van der Waals surface area contributed by atoms with Crippen LogP contribution >= 0.6 is 0 Å². The molecule has 0 fully saturated rings. The highest BCUT2D eigenvalue weighted by atomic mass is 14.9. The van der Waals surface area contributed by atoms with E-state index in [0.717, 1.165) is 0 Å². The van der Waals surface area contributed by atoms with Gasteiger partial charge in [0, 0.05) is 0 Å². The first-order valence-corrected chi connectivity index (χ1v) is 1.77. The Hall–Kier alpha value is -0.435. The van der Waals surface area contributed by atoms with Crippen LogP contribution < -0.4 is 10.5 Å².